The van der Waals surface area contributed by atoms with Crippen LogP contribution >= 0.6 is 24.0 Å². The molecule has 4 unspecified atom stereocenters. The molecule has 1 saturated heterocycles. The molecule has 0 radical (unpaired) electrons. The van der Waals surface area contributed by atoms with Crippen molar-refractivity contribution in [2.45, 2.75) is 78.5 Å². The minimum atomic E-state index is 0. The lowest BCUT2D eigenvalue weighted by Crippen LogP contribution is -2.68. The largest absolute Gasteiger partial charge is 0.377 e. The summed E-state index contributed by atoms with van der Waals surface area (Å²) in [4.78, 5) is 4.43. The Bertz CT molecular complexity index is 398. The van der Waals surface area contributed by atoms with Gasteiger partial charge in [0.15, 0.2) is 5.96 Å². The fourth-order valence-corrected chi connectivity index (χ4v) is 4.07. The van der Waals surface area contributed by atoms with Crippen LogP contribution in [0.25, 0.3) is 0 Å². The quantitative estimate of drug-likeness (QED) is 0.378. The van der Waals surface area contributed by atoms with Crippen LogP contribution in [0, 0.1) is 17.3 Å². The second-order valence-corrected chi connectivity index (χ2v) is 8.13. The smallest absolute Gasteiger partial charge is 0.191 e. The highest BCUT2D eigenvalue weighted by atomic mass is 127. The van der Waals surface area contributed by atoms with Crippen LogP contribution in [0.5, 0.6) is 0 Å². The number of hydrogen-bond donors (Lipinski definition) is 2. The van der Waals surface area contributed by atoms with E-state index in [0.717, 1.165) is 18.5 Å². The van der Waals surface area contributed by atoms with Crippen molar-refractivity contribution in [2.24, 2.45) is 22.2 Å². The van der Waals surface area contributed by atoms with Crippen molar-refractivity contribution in [3.63, 3.8) is 0 Å². The van der Waals surface area contributed by atoms with E-state index >= 15 is 0 Å². The molecule has 23 heavy (non-hydrogen) atoms. The molecule has 5 heteroatoms. The topological polar surface area (TPSA) is 45.7 Å². The number of fused-ring (bicyclic) bond motifs is 1. The van der Waals surface area contributed by atoms with E-state index in [9.17, 15) is 0 Å². The van der Waals surface area contributed by atoms with Crippen molar-refractivity contribution >= 4 is 29.9 Å². The molecule has 0 amide bonds. The van der Waals surface area contributed by atoms with Crippen LogP contribution in [0.2, 0.25) is 0 Å². The lowest BCUT2D eigenvalue weighted by molar-refractivity contribution is -0.106. The molecule has 4 nitrogen and oxygen atoms in total. The highest BCUT2D eigenvalue weighted by Gasteiger charge is 2.59. The number of hydrogen-bond acceptors (Lipinski definition) is 2. The fraction of sp³-hybridized carbons (Fsp3) is 0.944. The molecule has 1 aliphatic carbocycles. The Labute approximate surface area is 159 Å². The molecule has 4 atom stereocenters. The van der Waals surface area contributed by atoms with Gasteiger partial charge in [0.1, 0.15) is 0 Å². The zero-order chi connectivity index (χ0) is 16.3. The standard InChI is InChI=1S/C18H35N3O.HI/c1-12(2)8-7-9-13(3)20-17(19-6)21-15-14-10-11-22-16(14)18(15,4)5;/h12-16H,7-11H2,1-6H3,(H2,19,20,21);1H. The van der Waals surface area contributed by atoms with Crippen LogP contribution in [-0.2, 0) is 4.74 Å². The van der Waals surface area contributed by atoms with Crippen molar-refractivity contribution < 1.29 is 4.74 Å². The SMILES string of the molecule is CN=C(NC(C)CCCC(C)C)NC1C2CCOC2C1(C)C.I. The van der Waals surface area contributed by atoms with Gasteiger partial charge in [-0.25, -0.2) is 0 Å². The Hall–Kier alpha value is -0.0400. The summed E-state index contributed by atoms with van der Waals surface area (Å²) < 4.78 is 5.87. The molecular weight excluding hydrogens is 401 g/mol. The molecular formula is C18H36IN3O. The number of ether oxygens (including phenoxy) is 1. The van der Waals surface area contributed by atoms with Gasteiger partial charge >= 0.3 is 0 Å². The Kier molecular flexibility index (Phi) is 8.11. The van der Waals surface area contributed by atoms with Crippen molar-refractivity contribution in [3.8, 4) is 0 Å². The van der Waals surface area contributed by atoms with Crippen molar-refractivity contribution in [2.75, 3.05) is 13.7 Å². The number of rotatable bonds is 6. The first-order valence-corrected chi connectivity index (χ1v) is 8.97. The zero-order valence-corrected chi connectivity index (χ0v) is 18.0. The Balaban J connectivity index is 0.00000264. The maximum absolute atomic E-state index is 5.87. The summed E-state index contributed by atoms with van der Waals surface area (Å²) in [5, 5.41) is 7.21. The molecule has 2 N–H and O–H groups in total. The summed E-state index contributed by atoms with van der Waals surface area (Å²) in [7, 11) is 1.87. The summed E-state index contributed by atoms with van der Waals surface area (Å²) in [6, 6.07) is 0.929. The average molecular weight is 437 g/mol. The molecule has 136 valence electrons. The van der Waals surface area contributed by atoms with Gasteiger partial charge in [0.2, 0.25) is 0 Å². The maximum Gasteiger partial charge on any atom is 0.191 e. The molecule has 1 heterocycles. The first-order valence-electron chi connectivity index (χ1n) is 8.97. The predicted octanol–water partition coefficient (Wildman–Crippen LogP) is 3.80. The molecule has 0 spiro atoms. The van der Waals surface area contributed by atoms with Crippen LogP contribution < -0.4 is 10.6 Å². The molecule has 1 aliphatic heterocycles. The van der Waals surface area contributed by atoms with Crippen LogP contribution in [0.3, 0.4) is 0 Å². The van der Waals surface area contributed by atoms with E-state index < -0.39 is 0 Å². The minimum absolute atomic E-state index is 0. The second kappa shape index (κ2) is 8.88. The number of nitrogens with one attached hydrogen (secondary N) is 2. The first-order chi connectivity index (χ1) is 10.4. The maximum atomic E-state index is 5.87. The molecule has 0 aromatic rings. The van der Waals surface area contributed by atoms with Gasteiger partial charge in [-0.15, -0.1) is 24.0 Å². The summed E-state index contributed by atoms with van der Waals surface area (Å²) in [6.45, 7) is 12.3. The van der Waals surface area contributed by atoms with E-state index in [4.69, 9.17) is 4.74 Å². The molecule has 2 fully saturated rings. The van der Waals surface area contributed by atoms with Crippen LogP contribution in [0.15, 0.2) is 4.99 Å². The second-order valence-electron chi connectivity index (χ2n) is 8.13. The summed E-state index contributed by atoms with van der Waals surface area (Å²) in [5.41, 5.74) is 0.194. The third-order valence-electron chi connectivity index (χ3n) is 5.42. The molecule has 1 saturated carbocycles. The van der Waals surface area contributed by atoms with Crippen LogP contribution in [0.1, 0.15) is 60.3 Å². The van der Waals surface area contributed by atoms with Gasteiger partial charge in [-0.3, -0.25) is 4.99 Å². The zero-order valence-electron chi connectivity index (χ0n) is 15.7. The van der Waals surface area contributed by atoms with Crippen molar-refractivity contribution in [1.82, 2.24) is 10.6 Å². The lowest BCUT2D eigenvalue weighted by Gasteiger charge is -2.55. The Morgan fingerprint density at radius 2 is 1.96 bits per heavy atom. The first kappa shape index (κ1) is 21.0. The van der Waals surface area contributed by atoms with E-state index in [1.165, 1.54) is 25.7 Å². The normalized spacial score (nSPS) is 30.2. The summed E-state index contributed by atoms with van der Waals surface area (Å²) in [5.74, 6) is 2.38. The van der Waals surface area contributed by atoms with Gasteiger partial charge in [-0.05, 0) is 25.7 Å². The molecule has 2 aliphatic rings. The lowest BCUT2D eigenvalue weighted by atomic mass is 9.57. The van der Waals surface area contributed by atoms with E-state index in [0.29, 0.717) is 24.1 Å². The van der Waals surface area contributed by atoms with Crippen LogP contribution in [0.4, 0.5) is 0 Å². The fourth-order valence-electron chi connectivity index (χ4n) is 4.07. The Morgan fingerprint density at radius 3 is 2.57 bits per heavy atom. The molecule has 0 aromatic heterocycles. The van der Waals surface area contributed by atoms with Crippen molar-refractivity contribution in [3.05, 3.63) is 0 Å². The number of nitrogens with zero attached hydrogens (tertiary/aromatic N) is 1. The van der Waals surface area contributed by atoms with Gasteiger partial charge in [0.25, 0.3) is 0 Å². The highest BCUT2D eigenvalue weighted by Crippen LogP contribution is 2.52. The molecule has 0 aromatic carbocycles. The predicted molar refractivity (Wildman–Crippen MR) is 109 cm³/mol. The third kappa shape index (κ3) is 4.97. The van der Waals surface area contributed by atoms with Gasteiger partial charge in [-0.1, -0.05) is 40.5 Å². The average Bonchev–Trinajstić information content (AvgIpc) is 2.89. The van der Waals surface area contributed by atoms with E-state index in [2.05, 4.69) is 50.2 Å². The number of aliphatic imine (C=N–C) groups is 1. The number of halogens is 1. The molecule has 0 bridgehead atoms. The van der Waals surface area contributed by atoms with Gasteiger partial charge < -0.3 is 15.4 Å². The Morgan fingerprint density at radius 1 is 1.26 bits per heavy atom. The molecule has 2 rings (SSSR count). The number of guanidine groups is 1. The highest BCUT2D eigenvalue weighted by molar-refractivity contribution is 14.0. The van der Waals surface area contributed by atoms with E-state index in [1.807, 2.05) is 7.05 Å². The van der Waals surface area contributed by atoms with Gasteiger partial charge in [0, 0.05) is 37.1 Å². The third-order valence-corrected chi connectivity index (χ3v) is 5.42. The van der Waals surface area contributed by atoms with Crippen molar-refractivity contribution in [1.29, 1.82) is 0 Å². The van der Waals surface area contributed by atoms with Gasteiger partial charge in [-0.2, -0.15) is 0 Å². The van der Waals surface area contributed by atoms with E-state index in [1.54, 1.807) is 0 Å². The van der Waals surface area contributed by atoms with E-state index in [-0.39, 0.29) is 29.4 Å². The van der Waals surface area contributed by atoms with Gasteiger partial charge in [0.05, 0.1) is 6.10 Å². The minimum Gasteiger partial charge on any atom is -0.377 e. The summed E-state index contributed by atoms with van der Waals surface area (Å²) >= 11 is 0. The van der Waals surface area contributed by atoms with Crippen LogP contribution in [-0.4, -0.2) is 37.8 Å². The summed E-state index contributed by atoms with van der Waals surface area (Å²) in [6.07, 6.45) is 5.37. The monoisotopic (exact) mass is 437 g/mol.